The van der Waals surface area contributed by atoms with Crippen LogP contribution in [0.25, 0.3) is 0 Å². The summed E-state index contributed by atoms with van der Waals surface area (Å²) >= 11 is 0. The summed E-state index contributed by atoms with van der Waals surface area (Å²) in [5.74, 6) is 0. The molecular formula is C10H22O3Si. The SMILES string of the molecule is CCO[Si](C)(C)CCCOCC1CO1. The molecule has 0 N–H and O–H groups in total. The first kappa shape index (κ1) is 12.2. The minimum atomic E-state index is -1.38. The average molecular weight is 218 g/mol. The van der Waals surface area contributed by atoms with Crippen LogP contribution in [-0.2, 0) is 13.9 Å². The van der Waals surface area contributed by atoms with Crippen LogP contribution in [-0.4, -0.2) is 40.8 Å². The van der Waals surface area contributed by atoms with E-state index in [4.69, 9.17) is 13.9 Å². The Kier molecular flexibility index (Phi) is 5.09. The molecule has 0 saturated carbocycles. The molecule has 0 aliphatic carbocycles. The largest absolute Gasteiger partial charge is 0.418 e. The highest BCUT2D eigenvalue weighted by atomic mass is 28.4. The molecule has 1 atom stereocenters. The molecular weight excluding hydrogens is 196 g/mol. The fraction of sp³-hybridized carbons (Fsp3) is 1.00. The monoisotopic (exact) mass is 218 g/mol. The highest BCUT2D eigenvalue weighted by Gasteiger charge is 2.23. The van der Waals surface area contributed by atoms with E-state index in [2.05, 4.69) is 20.0 Å². The van der Waals surface area contributed by atoms with Crippen molar-refractivity contribution >= 4 is 8.32 Å². The van der Waals surface area contributed by atoms with Crippen LogP contribution in [0.3, 0.4) is 0 Å². The van der Waals surface area contributed by atoms with Crippen molar-refractivity contribution in [3.63, 3.8) is 0 Å². The van der Waals surface area contributed by atoms with Crippen molar-refractivity contribution in [1.29, 1.82) is 0 Å². The number of ether oxygens (including phenoxy) is 2. The Morgan fingerprint density at radius 2 is 2.14 bits per heavy atom. The molecule has 0 aromatic carbocycles. The van der Waals surface area contributed by atoms with E-state index in [1.807, 2.05) is 0 Å². The molecule has 1 heterocycles. The number of epoxide rings is 1. The maximum Gasteiger partial charge on any atom is 0.186 e. The molecule has 0 aromatic rings. The van der Waals surface area contributed by atoms with Gasteiger partial charge in [0.25, 0.3) is 0 Å². The highest BCUT2D eigenvalue weighted by Crippen LogP contribution is 2.14. The zero-order valence-corrected chi connectivity index (χ0v) is 10.5. The van der Waals surface area contributed by atoms with Crippen LogP contribution >= 0.6 is 0 Å². The van der Waals surface area contributed by atoms with Crippen LogP contribution in [0.5, 0.6) is 0 Å². The topological polar surface area (TPSA) is 31.0 Å². The van der Waals surface area contributed by atoms with Crippen molar-refractivity contribution in [3.8, 4) is 0 Å². The van der Waals surface area contributed by atoms with Crippen LogP contribution < -0.4 is 0 Å². The molecule has 1 rings (SSSR count). The highest BCUT2D eigenvalue weighted by molar-refractivity contribution is 6.71. The zero-order valence-electron chi connectivity index (χ0n) is 9.54. The van der Waals surface area contributed by atoms with E-state index in [0.717, 1.165) is 32.8 Å². The van der Waals surface area contributed by atoms with Gasteiger partial charge >= 0.3 is 0 Å². The first-order chi connectivity index (χ1) is 6.64. The van der Waals surface area contributed by atoms with Crippen molar-refractivity contribution in [2.24, 2.45) is 0 Å². The summed E-state index contributed by atoms with van der Waals surface area (Å²) in [5, 5.41) is 0. The molecule has 1 unspecified atom stereocenters. The van der Waals surface area contributed by atoms with E-state index in [1.54, 1.807) is 0 Å². The van der Waals surface area contributed by atoms with E-state index in [-0.39, 0.29) is 0 Å². The second-order valence-electron chi connectivity index (χ2n) is 4.33. The van der Waals surface area contributed by atoms with E-state index in [0.29, 0.717) is 6.10 Å². The minimum Gasteiger partial charge on any atom is -0.418 e. The maximum atomic E-state index is 5.73. The molecule has 0 bridgehead atoms. The van der Waals surface area contributed by atoms with Gasteiger partial charge in [-0.05, 0) is 32.5 Å². The van der Waals surface area contributed by atoms with Crippen LogP contribution in [0, 0.1) is 0 Å². The molecule has 1 fully saturated rings. The Hall–Kier alpha value is 0.0969. The van der Waals surface area contributed by atoms with Crippen LogP contribution in [0.2, 0.25) is 19.1 Å². The second kappa shape index (κ2) is 5.85. The van der Waals surface area contributed by atoms with Crippen molar-refractivity contribution < 1.29 is 13.9 Å². The van der Waals surface area contributed by atoms with Crippen LogP contribution in [0.4, 0.5) is 0 Å². The standard InChI is InChI=1S/C10H22O3Si/c1-4-13-14(2,3)7-5-6-11-8-10-9-12-10/h10H,4-9H2,1-3H3. The molecule has 4 heteroatoms. The zero-order chi connectivity index (χ0) is 10.4. The van der Waals surface area contributed by atoms with Gasteiger partial charge in [0.15, 0.2) is 8.32 Å². The quantitative estimate of drug-likeness (QED) is 0.355. The number of hydrogen-bond donors (Lipinski definition) is 0. The third-order valence-corrected chi connectivity index (χ3v) is 4.94. The Balaban J connectivity index is 1.90. The molecule has 1 aliphatic rings. The fourth-order valence-corrected chi connectivity index (χ4v) is 3.36. The van der Waals surface area contributed by atoms with Crippen LogP contribution in [0.1, 0.15) is 13.3 Å². The smallest absolute Gasteiger partial charge is 0.186 e. The Morgan fingerprint density at radius 1 is 1.43 bits per heavy atom. The second-order valence-corrected chi connectivity index (χ2v) is 8.63. The summed E-state index contributed by atoms with van der Waals surface area (Å²) in [6, 6.07) is 1.19. The van der Waals surface area contributed by atoms with Crippen molar-refractivity contribution in [1.82, 2.24) is 0 Å². The van der Waals surface area contributed by atoms with Crippen molar-refractivity contribution in [2.75, 3.05) is 26.4 Å². The minimum absolute atomic E-state index is 0.396. The lowest BCUT2D eigenvalue weighted by molar-refractivity contribution is 0.116. The molecule has 0 aromatic heterocycles. The molecule has 14 heavy (non-hydrogen) atoms. The van der Waals surface area contributed by atoms with E-state index in [9.17, 15) is 0 Å². The van der Waals surface area contributed by atoms with Gasteiger partial charge in [0.05, 0.1) is 13.2 Å². The molecule has 0 spiro atoms. The van der Waals surface area contributed by atoms with Gasteiger partial charge in [0, 0.05) is 13.2 Å². The summed E-state index contributed by atoms with van der Waals surface area (Å²) in [6.07, 6.45) is 1.51. The third-order valence-electron chi connectivity index (χ3n) is 2.31. The lowest BCUT2D eigenvalue weighted by Crippen LogP contribution is -2.30. The summed E-state index contributed by atoms with van der Waals surface area (Å²) < 4.78 is 16.3. The van der Waals surface area contributed by atoms with Gasteiger partial charge in [-0.1, -0.05) is 0 Å². The third kappa shape index (κ3) is 5.75. The van der Waals surface area contributed by atoms with E-state index < -0.39 is 8.32 Å². The maximum absolute atomic E-state index is 5.73. The summed E-state index contributed by atoms with van der Waals surface area (Å²) in [5.41, 5.74) is 0. The summed E-state index contributed by atoms with van der Waals surface area (Å²) in [7, 11) is -1.38. The predicted octanol–water partition coefficient (Wildman–Crippen LogP) is 2.03. The van der Waals surface area contributed by atoms with Gasteiger partial charge in [0.2, 0.25) is 0 Å². The van der Waals surface area contributed by atoms with Gasteiger partial charge in [-0.2, -0.15) is 0 Å². The van der Waals surface area contributed by atoms with E-state index in [1.165, 1.54) is 6.04 Å². The average Bonchev–Trinajstić information content (AvgIpc) is 2.87. The first-order valence-electron chi connectivity index (χ1n) is 5.47. The fourth-order valence-electron chi connectivity index (χ4n) is 1.44. The van der Waals surface area contributed by atoms with Crippen LogP contribution in [0.15, 0.2) is 0 Å². The van der Waals surface area contributed by atoms with Gasteiger partial charge in [-0.15, -0.1) is 0 Å². The predicted molar refractivity (Wildman–Crippen MR) is 59.1 cm³/mol. The van der Waals surface area contributed by atoms with Gasteiger partial charge in [-0.25, -0.2) is 0 Å². The molecule has 1 saturated heterocycles. The Labute approximate surface area is 87.9 Å². The molecule has 3 nitrogen and oxygen atoms in total. The van der Waals surface area contributed by atoms with Crippen molar-refractivity contribution in [3.05, 3.63) is 0 Å². The molecule has 0 radical (unpaired) electrons. The van der Waals surface area contributed by atoms with Gasteiger partial charge in [0.1, 0.15) is 6.10 Å². The molecule has 1 aliphatic heterocycles. The summed E-state index contributed by atoms with van der Waals surface area (Å²) in [6.45, 7) is 9.95. The Morgan fingerprint density at radius 3 is 2.71 bits per heavy atom. The van der Waals surface area contributed by atoms with Gasteiger partial charge in [-0.3, -0.25) is 0 Å². The van der Waals surface area contributed by atoms with E-state index >= 15 is 0 Å². The lowest BCUT2D eigenvalue weighted by atomic mass is 10.5. The normalized spacial score (nSPS) is 21.2. The molecule has 84 valence electrons. The Bertz CT molecular complexity index is 157. The molecule has 0 amide bonds. The van der Waals surface area contributed by atoms with Crippen molar-refractivity contribution in [2.45, 2.75) is 38.6 Å². The van der Waals surface area contributed by atoms with Gasteiger partial charge < -0.3 is 13.9 Å². The number of rotatable bonds is 8. The lowest BCUT2D eigenvalue weighted by Gasteiger charge is -2.21. The number of hydrogen-bond acceptors (Lipinski definition) is 3. The summed E-state index contributed by atoms with van der Waals surface area (Å²) in [4.78, 5) is 0. The first-order valence-corrected chi connectivity index (χ1v) is 8.59.